The number of nitrogens with zero attached hydrogens (tertiary/aromatic N) is 1. The summed E-state index contributed by atoms with van der Waals surface area (Å²) in [5, 5.41) is 2.96. The number of benzene rings is 1. The van der Waals surface area contributed by atoms with Gasteiger partial charge in [0.2, 0.25) is 11.8 Å². The van der Waals surface area contributed by atoms with E-state index in [2.05, 4.69) is 23.0 Å². The molecule has 0 unspecified atom stereocenters. The van der Waals surface area contributed by atoms with Crippen LogP contribution in [0.15, 0.2) is 84.7 Å². The summed E-state index contributed by atoms with van der Waals surface area (Å²) >= 11 is 0. The van der Waals surface area contributed by atoms with Crippen molar-refractivity contribution in [3.05, 3.63) is 95.9 Å². The molecule has 4 nitrogen and oxygen atoms in total. The molecule has 1 saturated carbocycles. The third-order valence-corrected chi connectivity index (χ3v) is 5.50. The number of nitrogens with one attached hydrogen (secondary N) is 1. The van der Waals surface area contributed by atoms with Gasteiger partial charge < -0.3 is 10.1 Å². The van der Waals surface area contributed by atoms with E-state index in [-0.39, 0.29) is 17.7 Å². The van der Waals surface area contributed by atoms with Crippen LogP contribution in [0.5, 0.6) is 11.6 Å². The fourth-order valence-electron chi connectivity index (χ4n) is 3.65. The minimum Gasteiger partial charge on any atom is -0.439 e. The molecule has 1 aliphatic carbocycles. The minimum absolute atomic E-state index is 0.0281. The number of hydrogen-bond acceptors (Lipinski definition) is 3. The lowest BCUT2D eigenvalue weighted by molar-refractivity contribution is -0.137. The smallest absolute Gasteiger partial charge is 0.417 e. The highest BCUT2D eigenvalue weighted by Gasteiger charge is 2.30. The first-order chi connectivity index (χ1) is 16.3. The molecule has 1 N–H and O–H groups in total. The summed E-state index contributed by atoms with van der Waals surface area (Å²) in [6.45, 7) is 5.51. The fraction of sp³-hybridized carbons (Fsp3) is 0.259. The molecule has 34 heavy (non-hydrogen) atoms. The van der Waals surface area contributed by atoms with Crippen LogP contribution in [0, 0.1) is 5.92 Å². The van der Waals surface area contributed by atoms with Gasteiger partial charge in [-0.2, -0.15) is 13.2 Å². The molecule has 0 bridgehead atoms. The van der Waals surface area contributed by atoms with Crippen molar-refractivity contribution in [3.8, 4) is 11.6 Å². The SMILES string of the molecule is C=CC=CC(=CC)NC(=O)C1CCC(=Cc2cccc(Oc3ccc(C(F)(F)F)cn3)c2)CC1. The van der Waals surface area contributed by atoms with Crippen molar-refractivity contribution in [1.82, 2.24) is 10.3 Å². The first kappa shape index (κ1) is 25.0. The predicted octanol–water partition coefficient (Wildman–Crippen LogP) is 7.23. The van der Waals surface area contributed by atoms with E-state index < -0.39 is 11.7 Å². The third-order valence-electron chi connectivity index (χ3n) is 5.50. The first-order valence-electron chi connectivity index (χ1n) is 11.1. The Morgan fingerprint density at radius 2 is 1.97 bits per heavy atom. The number of amides is 1. The fourth-order valence-corrected chi connectivity index (χ4v) is 3.65. The molecule has 1 aliphatic rings. The van der Waals surface area contributed by atoms with Gasteiger partial charge in [-0.05, 0) is 62.4 Å². The quantitative estimate of drug-likeness (QED) is 0.436. The molecule has 0 saturated heterocycles. The van der Waals surface area contributed by atoms with Crippen LogP contribution in [0.4, 0.5) is 13.2 Å². The van der Waals surface area contributed by atoms with Crippen LogP contribution in [-0.4, -0.2) is 10.9 Å². The average Bonchev–Trinajstić information content (AvgIpc) is 2.82. The second-order valence-electron chi connectivity index (χ2n) is 7.96. The maximum atomic E-state index is 12.7. The summed E-state index contributed by atoms with van der Waals surface area (Å²) in [6, 6.07) is 9.44. The summed E-state index contributed by atoms with van der Waals surface area (Å²) in [4.78, 5) is 16.3. The van der Waals surface area contributed by atoms with Gasteiger partial charge in [-0.1, -0.05) is 48.6 Å². The average molecular weight is 469 g/mol. The Morgan fingerprint density at radius 3 is 2.59 bits per heavy atom. The second-order valence-corrected chi connectivity index (χ2v) is 7.96. The molecule has 7 heteroatoms. The Bertz CT molecular complexity index is 1090. The number of carbonyl (C=O) groups is 1. The number of hydrogen-bond donors (Lipinski definition) is 1. The summed E-state index contributed by atoms with van der Waals surface area (Å²) in [6.07, 6.45) is 8.67. The number of halogens is 3. The van der Waals surface area contributed by atoms with Crippen LogP contribution in [0.25, 0.3) is 6.08 Å². The zero-order valence-corrected chi connectivity index (χ0v) is 18.9. The molecule has 1 aromatic heterocycles. The van der Waals surface area contributed by atoms with Crippen molar-refractivity contribution in [2.45, 2.75) is 38.8 Å². The molecule has 3 rings (SSSR count). The van der Waals surface area contributed by atoms with Gasteiger partial charge in [-0.25, -0.2) is 4.98 Å². The second kappa shape index (κ2) is 11.5. The van der Waals surface area contributed by atoms with E-state index in [1.165, 1.54) is 11.6 Å². The van der Waals surface area contributed by atoms with Crippen molar-refractivity contribution in [2.24, 2.45) is 5.92 Å². The largest absolute Gasteiger partial charge is 0.439 e. The number of carbonyl (C=O) groups excluding carboxylic acids is 1. The molecule has 2 aromatic rings. The molecular formula is C27H27F3N2O2. The molecular weight excluding hydrogens is 441 g/mol. The van der Waals surface area contributed by atoms with Crippen molar-refractivity contribution in [2.75, 3.05) is 0 Å². The van der Waals surface area contributed by atoms with Crippen LogP contribution >= 0.6 is 0 Å². The number of pyridine rings is 1. The highest BCUT2D eigenvalue weighted by Crippen LogP contribution is 2.32. The van der Waals surface area contributed by atoms with Gasteiger partial charge in [-0.15, -0.1) is 0 Å². The standard InChI is InChI=1S/C27H27F3N2O2/c1-3-5-8-23(4-2)32-26(33)21-12-10-19(11-13-21)16-20-7-6-9-24(17-20)34-25-15-14-22(18-31-25)27(28,29)30/h3-9,14-18,21H,1,10-13H2,2H3,(H,32,33). The number of ether oxygens (including phenoxy) is 1. The number of rotatable bonds is 7. The van der Waals surface area contributed by atoms with Gasteiger partial charge >= 0.3 is 6.18 Å². The molecule has 178 valence electrons. The Labute approximate surface area is 197 Å². The van der Waals surface area contributed by atoms with Crippen LogP contribution in [0.2, 0.25) is 0 Å². The first-order valence-corrected chi connectivity index (χ1v) is 11.1. The highest BCUT2D eigenvalue weighted by molar-refractivity contribution is 5.81. The van der Waals surface area contributed by atoms with Crippen molar-refractivity contribution in [1.29, 1.82) is 0 Å². The van der Waals surface area contributed by atoms with E-state index in [1.54, 1.807) is 18.2 Å². The number of alkyl halides is 3. The van der Waals surface area contributed by atoms with E-state index in [0.717, 1.165) is 49.2 Å². The Morgan fingerprint density at radius 1 is 1.21 bits per heavy atom. The van der Waals surface area contributed by atoms with E-state index in [1.807, 2.05) is 37.3 Å². The predicted molar refractivity (Wildman–Crippen MR) is 127 cm³/mol. The van der Waals surface area contributed by atoms with Gasteiger partial charge in [0.05, 0.1) is 5.56 Å². The van der Waals surface area contributed by atoms with Crippen LogP contribution < -0.4 is 10.1 Å². The Kier molecular flexibility index (Phi) is 8.46. The molecule has 1 amide bonds. The lowest BCUT2D eigenvalue weighted by atomic mass is 9.84. The number of aromatic nitrogens is 1. The maximum absolute atomic E-state index is 12.7. The molecule has 0 radical (unpaired) electrons. The van der Waals surface area contributed by atoms with Crippen LogP contribution in [0.1, 0.15) is 43.7 Å². The summed E-state index contributed by atoms with van der Waals surface area (Å²) < 4.78 is 43.7. The molecule has 1 aromatic carbocycles. The lowest BCUT2D eigenvalue weighted by Gasteiger charge is -2.23. The summed E-state index contributed by atoms with van der Waals surface area (Å²) in [5.74, 6) is 0.568. The summed E-state index contributed by atoms with van der Waals surface area (Å²) in [7, 11) is 0. The van der Waals surface area contributed by atoms with E-state index in [9.17, 15) is 18.0 Å². The van der Waals surface area contributed by atoms with Gasteiger partial charge in [0.15, 0.2) is 0 Å². The normalized spacial score (nSPS) is 16.9. The lowest BCUT2D eigenvalue weighted by Crippen LogP contribution is -2.31. The molecule has 0 spiro atoms. The zero-order valence-electron chi connectivity index (χ0n) is 18.9. The Hall–Kier alpha value is -3.61. The van der Waals surface area contributed by atoms with E-state index in [0.29, 0.717) is 5.75 Å². The van der Waals surface area contributed by atoms with Crippen LogP contribution in [-0.2, 0) is 11.0 Å². The molecule has 1 fully saturated rings. The van der Waals surface area contributed by atoms with Crippen molar-refractivity contribution >= 4 is 12.0 Å². The van der Waals surface area contributed by atoms with E-state index >= 15 is 0 Å². The van der Waals surface area contributed by atoms with Gasteiger partial charge in [0.1, 0.15) is 5.75 Å². The van der Waals surface area contributed by atoms with Crippen LogP contribution in [0.3, 0.4) is 0 Å². The molecule has 0 atom stereocenters. The van der Waals surface area contributed by atoms with Gasteiger partial charge in [0, 0.05) is 23.9 Å². The van der Waals surface area contributed by atoms with Gasteiger partial charge in [0.25, 0.3) is 0 Å². The van der Waals surface area contributed by atoms with Crippen molar-refractivity contribution in [3.63, 3.8) is 0 Å². The van der Waals surface area contributed by atoms with E-state index in [4.69, 9.17) is 4.74 Å². The topological polar surface area (TPSA) is 51.2 Å². The molecule has 0 aliphatic heterocycles. The highest BCUT2D eigenvalue weighted by atomic mass is 19.4. The summed E-state index contributed by atoms with van der Waals surface area (Å²) in [5.41, 5.74) is 2.10. The number of allylic oxidation sites excluding steroid dienone is 5. The van der Waals surface area contributed by atoms with Crippen molar-refractivity contribution < 1.29 is 22.7 Å². The Balaban J connectivity index is 1.58. The monoisotopic (exact) mass is 468 g/mol. The maximum Gasteiger partial charge on any atom is 0.417 e. The third kappa shape index (κ3) is 7.20. The van der Waals surface area contributed by atoms with Gasteiger partial charge in [-0.3, -0.25) is 4.79 Å². The zero-order chi connectivity index (χ0) is 24.6. The minimum atomic E-state index is -4.44. The molecule has 1 heterocycles.